The molecule has 1 aromatic carbocycles. The molecule has 0 aliphatic heterocycles. The number of hydrogen-bond donors (Lipinski definition) is 1. The summed E-state index contributed by atoms with van der Waals surface area (Å²) in [4.78, 5) is 0. The molecule has 0 aliphatic rings. The van der Waals surface area contributed by atoms with Gasteiger partial charge in [-0.05, 0) is 18.2 Å². The molecule has 0 spiro atoms. The van der Waals surface area contributed by atoms with Crippen LogP contribution in [0.3, 0.4) is 0 Å². The monoisotopic (exact) mass is 307 g/mol. The normalized spacial score (nSPS) is 12.3. The quantitative estimate of drug-likeness (QED) is 0.755. The number of methoxy groups -OCH3 is 1. The maximum atomic E-state index is 11.9. The molecule has 0 radical (unpaired) electrons. The van der Waals surface area contributed by atoms with Gasteiger partial charge >= 0.3 is 0 Å². The van der Waals surface area contributed by atoms with Gasteiger partial charge in [0.15, 0.2) is 9.84 Å². The lowest BCUT2D eigenvalue weighted by Gasteiger charge is -2.10. The van der Waals surface area contributed by atoms with Crippen LogP contribution in [0.25, 0.3) is 0 Å². The van der Waals surface area contributed by atoms with Gasteiger partial charge in [-0.1, -0.05) is 0 Å². The van der Waals surface area contributed by atoms with E-state index in [2.05, 4.69) is 0 Å². The molecular formula is C11H17NO5S2. The number of nitrogens with two attached hydrogens (primary N) is 1. The number of nitrogen functional groups attached to an aromatic ring is 1. The van der Waals surface area contributed by atoms with Crippen molar-refractivity contribution in [1.29, 1.82) is 0 Å². The van der Waals surface area contributed by atoms with Crippen LogP contribution >= 0.6 is 0 Å². The predicted molar refractivity (Wildman–Crippen MR) is 74.6 cm³/mol. The van der Waals surface area contributed by atoms with Crippen molar-refractivity contribution in [2.45, 2.75) is 5.75 Å². The highest BCUT2D eigenvalue weighted by Gasteiger charge is 2.18. The molecule has 0 bridgehead atoms. The zero-order chi connectivity index (χ0) is 14.7. The summed E-state index contributed by atoms with van der Waals surface area (Å²) in [6.45, 7) is 0. The van der Waals surface area contributed by atoms with Crippen LogP contribution in [0.5, 0.6) is 5.75 Å². The minimum absolute atomic E-state index is 0.295. The Kier molecular flexibility index (Phi) is 4.81. The van der Waals surface area contributed by atoms with E-state index in [1.165, 1.54) is 13.2 Å². The zero-order valence-electron chi connectivity index (χ0n) is 10.8. The fourth-order valence-corrected chi connectivity index (χ4v) is 4.57. The van der Waals surface area contributed by atoms with Crippen molar-refractivity contribution in [3.05, 3.63) is 23.8 Å². The molecule has 0 aromatic heterocycles. The molecule has 0 atom stereocenters. The summed E-state index contributed by atoms with van der Waals surface area (Å²) in [5.74, 6) is -0.683. The summed E-state index contributed by atoms with van der Waals surface area (Å²) in [5, 5.41) is 0. The van der Waals surface area contributed by atoms with Gasteiger partial charge < -0.3 is 10.5 Å². The van der Waals surface area contributed by atoms with E-state index in [9.17, 15) is 16.8 Å². The summed E-state index contributed by atoms with van der Waals surface area (Å²) in [7, 11) is -5.41. The first-order valence-corrected chi connectivity index (χ1v) is 9.32. The van der Waals surface area contributed by atoms with Crippen LogP contribution in [0.2, 0.25) is 0 Å². The summed E-state index contributed by atoms with van der Waals surface area (Å²) in [6, 6.07) is 4.69. The Bertz CT molecular complexity index is 650. The number of rotatable bonds is 6. The van der Waals surface area contributed by atoms with Gasteiger partial charge in [0.05, 0.1) is 24.4 Å². The van der Waals surface area contributed by atoms with Crippen molar-refractivity contribution in [3.63, 3.8) is 0 Å². The minimum Gasteiger partial charge on any atom is -0.496 e. The number of hydrogen-bond acceptors (Lipinski definition) is 6. The molecule has 0 heterocycles. The molecule has 1 aromatic rings. The average molecular weight is 307 g/mol. The van der Waals surface area contributed by atoms with Gasteiger partial charge in [0.2, 0.25) is 0 Å². The van der Waals surface area contributed by atoms with Crippen molar-refractivity contribution >= 4 is 25.4 Å². The summed E-state index contributed by atoms with van der Waals surface area (Å²) in [6.07, 6.45) is 1.00. The highest BCUT2D eigenvalue weighted by molar-refractivity contribution is 7.94. The van der Waals surface area contributed by atoms with Crippen molar-refractivity contribution in [2.75, 3.05) is 30.6 Å². The van der Waals surface area contributed by atoms with Crippen molar-refractivity contribution in [3.8, 4) is 5.75 Å². The Hall–Kier alpha value is -1.28. The van der Waals surface area contributed by atoms with Gasteiger partial charge in [0.25, 0.3) is 0 Å². The van der Waals surface area contributed by atoms with E-state index in [4.69, 9.17) is 10.5 Å². The minimum atomic E-state index is -3.53. The van der Waals surface area contributed by atoms with Crippen molar-refractivity contribution in [2.24, 2.45) is 0 Å². The van der Waals surface area contributed by atoms with Gasteiger partial charge in [0.1, 0.15) is 15.6 Å². The molecule has 0 aliphatic carbocycles. The maximum Gasteiger partial charge on any atom is 0.155 e. The number of sulfone groups is 2. The van der Waals surface area contributed by atoms with E-state index in [1.807, 2.05) is 0 Å². The Labute approximate surface area is 113 Å². The molecule has 1 rings (SSSR count). The first-order valence-electron chi connectivity index (χ1n) is 5.43. The second-order valence-corrected chi connectivity index (χ2v) is 8.74. The lowest BCUT2D eigenvalue weighted by Crippen LogP contribution is -2.18. The first kappa shape index (κ1) is 15.8. The number of anilines is 1. The largest absolute Gasteiger partial charge is 0.496 e. The molecule has 0 fully saturated rings. The number of ether oxygens (including phenoxy) is 1. The van der Waals surface area contributed by atoms with E-state index < -0.39 is 25.4 Å². The lowest BCUT2D eigenvalue weighted by molar-refractivity contribution is 0.411. The van der Waals surface area contributed by atoms with Crippen LogP contribution in [-0.4, -0.2) is 41.7 Å². The Morgan fingerprint density at radius 3 is 2.32 bits per heavy atom. The Balaban J connectivity index is 2.92. The van der Waals surface area contributed by atoms with Crippen LogP contribution in [0.1, 0.15) is 5.56 Å². The van der Waals surface area contributed by atoms with E-state index in [-0.39, 0.29) is 11.5 Å². The van der Waals surface area contributed by atoms with Crippen LogP contribution in [0, 0.1) is 0 Å². The third kappa shape index (κ3) is 5.48. The molecule has 19 heavy (non-hydrogen) atoms. The molecule has 0 saturated carbocycles. The average Bonchev–Trinajstić information content (AvgIpc) is 2.26. The van der Waals surface area contributed by atoms with Crippen molar-refractivity contribution < 1.29 is 21.6 Å². The van der Waals surface area contributed by atoms with E-state index in [0.29, 0.717) is 17.0 Å². The van der Waals surface area contributed by atoms with Gasteiger partial charge in [-0.2, -0.15) is 0 Å². The Morgan fingerprint density at radius 1 is 1.16 bits per heavy atom. The summed E-state index contributed by atoms with van der Waals surface area (Å²) >= 11 is 0. The van der Waals surface area contributed by atoms with Crippen molar-refractivity contribution in [1.82, 2.24) is 0 Å². The fourth-order valence-electron chi connectivity index (χ4n) is 1.50. The van der Waals surface area contributed by atoms with E-state index >= 15 is 0 Å². The maximum absolute atomic E-state index is 11.9. The summed E-state index contributed by atoms with van der Waals surface area (Å²) < 4.78 is 50.8. The molecular weight excluding hydrogens is 290 g/mol. The zero-order valence-corrected chi connectivity index (χ0v) is 12.4. The topological polar surface area (TPSA) is 104 Å². The number of benzene rings is 1. The summed E-state index contributed by atoms with van der Waals surface area (Å²) in [5.41, 5.74) is 6.45. The van der Waals surface area contributed by atoms with Crippen LogP contribution in [0.15, 0.2) is 18.2 Å². The standard InChI is InChI=1S/C11H17NO5S2/c1-17-11-4-3-10(12)7-9(11)8-19(15,16)6-5-18(2,13)14/h3-4,7H,5-6,8,12H2,1-2H3. The highest BCUT2D eigenvalue weighted by Crippen LogP contribution is 2.23. The molecule has 0 amide bonds. The van der Waals surface area contributed by atoms with Gasteiger partial charge in [-0.15, -0.1) is 0 Å². The predicted octanol–water partition coefficient (Wildman–Crippen LogP) is 0.237. The molecule has 2 N–H and O–H groups in total. The van der Waals surface area contributed by atoms with Gasteiger partial charge in [-0.3, -0.25) is 0 Å². The molecule has 8 heteroatoms. The van der Waals surface area contributed by atoms with E-state index in [1.54, 1.807) is 12.1 Å². The second-order valence-electron chi connectivity index (χ2n) is 4.29. The van der Waals surface area contributed by atoms with Crippen LogP contribution in [-0.2, 0) is 25.4 Å². The van der Waals surface area contributed by atoms with Gasteiger partial charge in [0, 0.05) is 17.5 Å². The SMILES string of the molecule is COc1ccc(N)cc1CS(=O)(=O)CCS(C)(=O)=O. The molecule has 0 saturated heterocycles. The third-order valence-electron chi connectivity index (χ3n) is 2.45. The fraction of sp³-hybridized carbons (Fsp3) is 0.455. The molecule has 6 nitrogen and oxygen atoms in total. The third-order valence-corrected chi connectivity index (χ3v) is 5.23. The van der Waals surface area contributed by atoms with E-state index in [0.717, 1.165) is 6.26 Å². The lowest BCUT2D eigenvalue weighted by atomic mass is 10.2. The van der Waals surface area contributed by atoms with Crippen LogP contribution in [0.4, 0.5) is 5.69 Å². The molecule has 0 unspecified atom stereocenters. The Morgan fingerprint density at radius 2 is 1.79 bits per heavy atom. The van der Waals surface area contributed by atoms with Gasteiger partial charge in [-0.25, -0.2) is 16.8 Å². The molecule has 108 valence electrons. The second kappa shape index (κ2) is 5.79. The van der Waals surface area contributed by atoms with Crippen LogP contribution < -0.4 is 10.5 Å². The highest BCUT2D eigenvalue weighted by atomic mass is 32.2. The smallest absolute Gasteiger partial charge is 0.155 e. The first-order chi connectivity index (χ1) is 8.63.